The van der Waals surface area contributed by atoms with Crippen molar-refractivity contribution < 1.29 is 5.11 Å². The number of unbranched alkanes of at least 4 members (excludes halogenated alkanes) is 11. The van der Waals surface area contributed by atoms with Crippen molar-refractivity contribution in [2.45, 2.75) is 103 Å². The SMILES string of the molecule is CCCCCCCCCCCCCCC(C)[O]. The summed E-state index contributed by atoms with van der Waals surface area (Å²) in [5.41, 5.74) is 0. The van der Waals surface area contributed by atoms with Crippen LogP contribution in [0.5, 0.6) is 0 Å². The van der Waals surface area contributed by atoms with E-state index in [1.807, 2.05) is 0 Å². The van der Waals surface area contributed by atoms with Crippen LogP contribution < -0.4 is 0 Å². The van der Waals surface area contributed by atoms with E-state index in [-0.39, 0.29) is 6.10 Å². The first-order chi connectivity index (χ1) is 8.27. The van der Waals surface area contributed by atoms with Crippen LogP contribution in [0.3, 0.4) is 0 Å². The molecule has 0 spiro atoms. The molecular weight excluding hydrogens is 208 g/mol. The second-order valence-corrected chi connectivity index (χ2v) is 5.49. The quantitative estimate of drug-likeness (QED) is 0.358. The fourth-order valence-electron chi connectivity index (χ4n) is 2.27. The summed E-state index contributed by atoms with van der Waals surface area (Å²) < 4.78 is 0. The van der Waals surface area contributed by atoms with Gasteiger partial charge in [-0.05, 0) is 13.3 Å². The molecule has 0 aliphatic carbocycles. The highest BCUT2D eigenvalue weighted by Gasteiger charge is 1.97. The largest absolute Gasteiger partial charge is 0.233 e. The van der Waals surface area contributed by atoms with Gasteiger partial charge in [0.15, 0.2) is 0 Å². The molecule has 1 nitrogen and oxygen atoms in total. The molecule has 0 rings (SSSR count). The number of hydrogen-bond donors (Lipinski definition) is 0. The van der Waals surface area contributed by atoms with E-state index in [9.17, 15) is 5.11 Å². The fourth-order valence-corrected chi connectivity index (χ4v) is 2.27. The normalized spacial score (nSPS) is 12.9. The van der Waals surface area contributed by atoms with Gasteiger partial charge in [-0.15, -0.1) is 0 Å². The van der Waals surface area contributed by atoms with Crippen LogP contribution in [0, 0.1) is 0 Å². The summed E-state index contributed by atoms with van der Waals surface area (Å²) in [6, 6.07) is 0. The summed E-state index contributed by atoms with van der Waals surface area (Å²) in [5, 5.41) is 10.8. The Morgan fingerprint density at radius 2 is 1.00 bits per heavy atom. The first kappa shape index (κ1) is 17.0. The lowest BCUT2D eigenvalue weighted by Gasteiger charge is -2.03. The first-order valence-electron chi connectivity index (χ1n) is 7.93. The molecule has 0 aromatic heterocycles. The molecule has 1 radical (unpaired) electrons. The summed E-state index contributed by atoms with van der Waals surface area (Å²) in [5.74, 6) is 0. The van der Waals surface area contributed by atoms with Gasteiger partial charge in [-0.25, -0.2) is 5.11 Å². The molecule has 0 aliphatic heterocycles. The summed E-state index contributed by atoms with van der Waals surface area (Å²) in [4.78, 5) is 0. The van der Waals surface area contributed by atoms with Gasteiger partial charge in [-0.1, -0.05) is 84.0 Å². The Labute approximate surface area is 109 Å². The topological polar surface area (TPSA) is 19.9 Å². The lowest BCUT2D eigenvalue weighted by molar-refractivity contribution is 0.0950. The van der Waals surface area contributed by atoms with Crippen LogP contribution in [0.25, 0.3) is 0 Å². The molecule has 0 aromatic rings. The Balaban J connectivity index is 2.89. The van der Waals surface area contributed by atoms with Crippen LogP contribution >= 0.6 is 0 Å². The molecule has 17 heavy (non-hydrogen) atoms. The molecule has 0 bridgehead atoms. The van der Waals surface area contributed by atoms with E-state index in [2.05, 4.69) is 6.92 Å². The molecule has 0 heterocycles. The average molecular weight is 241 g/mol. The van der Waals surface area contributed by atoms with Gasteiger partial charge in [0.1, 0.15) is 0 Å². The van der Waals surface area contributed by atoms with Gasteiger partial charge >= 0.3 is 0 Å². The van der Waals surface area contributed by atoms with E-state index in [0.29, 0.717) is 0 Å². The van der Waals surface area contributed by atoms with Crippen molar-refractivity contribution >= 4 is 0 Å². The molecule has 0 saturated carbocycles. The van der Waals surface area contributed by atoms with Gasteiger partial charge in [0, 0.05) is 0 Å². The second kappa shape index (κ2) is 14.0. The molecule has 103 valence electrons. The summed E-state index contributed by atoms with van der Waals surface area (Å²) in [6.07, 6.45) is 17.0. The van der Waals surface area contributed by atoms with Crippen LogP contribution in [0.2, 0.25) is 0 Å². The predicted molar refractivity (Wildman–Crippen MR) is 75.8 cm³/mol. The van der Waals surface area contributed by atoms with E-state index in [1.165, 1.54) is 70.6 Å². The molecule has 0 aliphatic rings. The Morgan fingerprint density at radius 3 is 1.35 bits per heavy atom. The minimum Gasteiger partial charge on any atom is -0.233 e. The van der Waals surface area contributed by atoms with Crippen molar-refractivity contribution in [1.82, 2.24) is 0 Å². The summed E-state index contributed by atoms with van der Waals surface area (Å²) >= 11 is 0. The molecule has 0 amide bonds. The zero-order valence-corrected chi connectivity index (χ0v) is 12.2. The van der Waals surface area contributed by atoms with Crippen LogP contribution in [-0.4, -0.2) is 6.10 Å². The average Bonchev–Trinajstić information content (AvgIpc) is 2.30. The monoisotopic (exact) mass is 241 g/mol. The molecule has 1 unspecified atom stereocenters. The van der Waals surface area contributed by atoms with Crippen LogP contribution in [0.1, 0.15) is 97.3 Å². The maximum absolute atomic E-state index is 10.8. The van der Waals surface area contributed by atoms with Crippen molar-refractivity contribution in [3.05, 3.63) is 0 Å². The molecule has 0 saturated heterocycles. The minimum atomic E-state index is -0.349. The standard InChI is InChI=1S/C16H33O/c1-3-4-5-6-7-8-9-10-11-12-13-14-15-16(2)17/h16H,3-15H2,1-2H3. The lowest BCUT2D eigenvalue weighted by atomic mass is 10.0. The molecule has 0 N–H and O–H groups in total. The Morgan fingerprint density at radius 1 is 0.647 bits per heavy atom. The van der Waals surface area contributed by atoms with E-state index < -0.39 is 0 Å². The maximum Gasteiger partial charge on any atom is 0.0902 e. The van der Waals surface area contributed by atoms with E-state index >= 15 is 0 Å². The molecular formula is C16H33O. The van der Waals surface area contributed by atoms with Crippen molar-refractivity contribution in [3.8, 4) is 0 Å². The van der Waals surface area contributed by atoms with Gasteiger partial charge < -0.3 is 0 Å². The zero-order chi connectivity index (χ0) is 12.8. The lowest BCUT2D eigenvalue weighted by Crippen LogP contribution is -1.95. The van der Waals surface area contributed by atoms with Crippen molar-refractivity contribution in [2.24, 2.45) is 0 Å². The van der Waals surface area contributed by atoms with Crippen molar-refractivity contribution in [2.75, 3.05) is 0 Å². The Kier molecular flexibility index (Phi) is 14.0. The third-order valence-electron chi connectivity index (χ3n) is 3.46. The predicted octanol–water partition coefficient (Wildman–Crippen LogP) is 5.90. The minimum absolute atomic E-state index is 0.349. The second-order valence-electron chi connectivity index (χ2n) is 5.49. The first-order valence-corrected chi connectivity index (χ1v) is 7.93. The maximum atomic E-state index is 10.8. The Hall–Kier alpha value is -0.0400. The van der Waals surface area contributed by atoms with Crippen LogP contribution in [-0.2, 0) is 5.11 Å². The fraction of sp³-hybridized carbons (Fsp3) is 1.00. The highest BCUT2D eigenvalue weighted by Crippen LogP contribution is 2.12. The van der Waals surface area contributed by atoms with Gasteiger partial charge in [0.05, 0.1) is 6.10 Å². The van der Waals surface area contributed by atoms with Gasteiger partial charge in [0.25, 0.3) is 0 Å². The highest BCUT2D eigenvalue weighted by molar-refractivity contribution is 4.50. The van der Waals surface area contributed by atoms with Crippen molar-refractivity contribution in [3.63, 3.8) is 0 Å². The van der Waals surface area contributed by atoms with Gasteiger partial charge in [0.2, 0.25) is 0 Å². The van der Waals surface area contributed by atoms with Gasteiger partial charge in [-0.3, -0.25) is 0 Å². The number of hydrogen-bond acceptors (Lipinski definition) is 0. The third-order valence-corrected chi connectivity index (χ3v) is 3.46. The molecule has 1 heteroatoms. The van der Waals surface area contributed by atoms with E-state index in [1.54, 1.807) is 6.92 Å². The molecule has 0 fully saturated rings. The molecule has 1 atom stereocenters. The highest BCUT2D eigenvalue weighted by atomic mass is 16.3. The van der Waals surface area contributed by atoms with E-state index in [0.717, 1.165) is 12.8 Å². The smallest absolute Gasteiger partial charge is 0.0902 e. The van der Waals surface area contributed by atoms with Crippen LogP contribution in [0.15, 0.2) is 0 Å². The van der Waals surface area contributed by atoms with Crippen molar-refractivity contribution in [1.29, 1.82) is 0 Å². The van der Waals surface area contributed by atoms with Gasteiger partial charge in [-0.2, -0.15) is 0 Å². The summed E-state index contributed by atoms with van der Waals surface area (Å²) in [6.45, 7) is 4.05. The Bertz CT molecular complexity index is 131. The summed E-state index contributed by atoms with van der Waals surface area (Å²) in [7, 11) is 0. The molecule has 0 aromatic carbocycles. The number of rotatable bonds is 13. The third kappa shape index (κ3) is 16.0. The van der Waals surface area contributed by atoms with E-state index in [4.69, 9.17) is 0 Å². The van der Waals surface area contributed by atoms with Crippen LogP contribution in [0.4, 0.5) is 0 Å². The zero-order valence-electron chi connectivity index (χ0n) is 12.2.